The molecule has 0 fully saturated rings. The fourth-order valence-corrected chi connectivity index (χ4v) is 4.53. The van der Waals surface area contributed by atoms with Gasteiger partial charge in [-0.05, 0) is 78.3 Å². The Hall–Kier alpha value is -0.643. The Labute approximate surface area is 155 Å². The van der Waals surface area contributed by atoms with E-state index in [-0.39, 0.29) is 16.6 Å². The lowest BCUT2D eigenvalue weighted by molar-refractivity contribution is 0.0849. The highest BCUT2D eigenvalue weighted by Gasteiger charge is 2.39. The van der Waals surface area contributed by atoms with Crippen molar-refractivity contribution in [2.45, 2.75) is 91.0 Å². The number of benzene rings is 1. The van der Waals surface area contributed by atoms with Crippen molar-refractivity contribution in [1.82, 2.24) is 0 Å². The summed E-state index contributed by atoms with van der Waals surface area (Å²) < 4.78 is 0. The van der Waals surface area contributed by atoms with E-state index in [1.807, 2.05) is 13.1 Å². The van der Waals surface area contributed by atoms with Gasteiger partial charge in [-0.25, -0.2) is 0 Å². The second-order valence-electron chi connectivity index (χ2n) is 10.5. The summed E-state index contributed by atoms with van der Waals surface area (Å²) in [4.78, 5) is 10.5. The van der Waals surface area contributed by atoms with Crippen LogP contribution in [-0.2, 0) is 12.8 Å². The number of aryl methyl sites for hydroxylation is 1. The van der Waals surface area contributed by atoms with E-state index >= 15 is 0 Å². The minimum atomic E-state index is -2.18. The van der Waals surface area contributed by atoms with Crippen LogP contribution in [-0.4, -0.2) is 18.2 Å². The van der Waals surface area contributed by atoms with Crippen molar-refractivity contribution >= 4 is 8.32 Å². The van der Waals surface area contributed by atoms with Crippen molar-refractivity contribution in [3.63, 3.8) is 0 Å². The molecule has 2 N–H and O–H groups in total. The molecular weight excluding hydrogens is 324 g/mol. The molecule has 0 amide bonds. The van der Waals surface area contributed by atoms with Gasteiger partial charge in [0.2, 0.25) is 0 Å². The van der Waals surface area contributed by atoms with Crippen molar-refractivity contribution in [3.05, 3.63) is 34.9 Å². The second kappa shape index (κ2) is 7.17. The fourth-order valence-electron chi connectivity index (χ4n) is 3.78. The summed E-state index contributed by atoms with van der Waals surface area (Å²) in [7, 11) is -2.18. The van der Waals surface area contributed by atoms with Crippen molar-refractivity contribution in [2.24, 2.45) is 11.3 Å². The van der Waals surface area contributed by atoms with Gasteiger partial charge >= 0.3 is 0 Å². The molecule has 25 heavy (non-hydrogen) atoms. The quantitative estimate of drug-likeness (QED) is 0.667. The van der Waals surface area contributed by atoms with Crippen molar-refractivity contribution in [2.75, 3.05) is 0 Å². The topological polar surface area (TPSA) is 40.5 Å². The van der Waals surface area contributed by atoms with Crippen LogP contribution in [0.4, 0.5) is 0 Å². The molecule has 0 saturated carbocycles. The first kappa shape index (κ1) is 20.7. The normalized spacial score (nSPS) is 22.0. The van der Waals surface area contributed by atoms with E-state index in [0.29, 0.717) is 5.92 Å². The number of fused-ring (bicyclic) bond motifs is 1. The van der Waals surface area contributed by atoms with E-state index in [0.717, 1.165) is 37.7 Å². The van der Waals surface area contributed by atoms with Gasteiger partial charge in [0, 0.05) is 0 Å². The second-order valence-corrected chi connectivity index (χ2v) is 15.0. The molecule has 1 aliphatic carbocycles. The number of aliphatic hydroxyl groups is 1. The van der Waals surface area contributed by atoms with Crippen LogP contribution in [0.3, 0.4) is 0 Å². The number of hydrogen-bond donors (Lipinski definition) is 2. The van der Waals surface area contributed by atoms with Gasteiger partial charge in [-0.15, -0.1) is 0 Å². The Morgan fingerprint density at radius 1 is 1.12 bits per heavy atom. The van der Waals surface area contributed by atoms with E-state index in [1.54, 1.807) is 0 Å². The van der Waals surface area contributed by atoms with Crippen molar-refractivity contribution in [1.29, 1.82) is 0 Å². The largest absolute Gasteiger partial charge is 0.432 e. The first-order valence-electron chi connectivity index (χ1n) is 9.82. The predicted molar refractivity (Wildman–Crippen MR) is 109 cm³/mol. The van der Waals surface area contributed by atoms with E-state index in [2.05, 4.69) is 52.8 Å². The standard InChI is InChI=1S/C22H38O2Si/c1-21(2,3)15-16-8-9-17-10-11-18(20(23)19(17)14-16)12-13-22(4,5)25(6,7)24/h8-9,14,18,20,23-24H,10-13,15H2,1-7H3/t18?,20-/m1/s1. The average molecular weight is 363 g/mol. The summed E-state index contributed by atoms with van der Waals surface area (Å²) >= 11 is 0. The van der Waals surface area contributed by atoms with Crippen molar-refractivity contribution in [3.8, 4) is 0 Å². The molecule has 0 saturated heterocycles. The minimum absolute atomic E-state index is 0.0128. The number of hydrogen-bond acceptors (Lipinski definition) is 2. The molecule has 1 aromatic rings. The number of aliphatic hydroxyl groups excluding tert-OH is 1. The molecule has 0 aliphatic heterocycles. The Balaban J connectivity index is 2.12. The van der Waals surface area contributed by atoms with Gasteiger partial charge in [-0.3, -0.25) is 0 Å². The monoisotopic (exact) mass is 362 g/mol. The molecule has 2 nitrogen and oxygen atoms in total. The first-order chi connectivity index (χ1) is 11.3. The van der Waals surface area contributed by atoms with Gasteiger partial charge in [-0.2, -0.15) is 0 Å². The summed E-state index contributed by atoms with van der Waals surface area (Å²) in [6, 6.07) is 6.71. The Kier molecular flexibility index (Phi) is 5.93. The molecule has 2 rings (SSSR count). The predicted octanol–water partition coefficient (Wildman–Crippen LogP) is 5.63. The third kappa shape index (κ3) is 5.18. The summed E-state index contributed by atoms with van der Waals surface area (Å²) in [5.41, 5.74) is 4.05. The SMILES string of the molecule is CC(C)(C)Cc1ccc2c(c1)[C@H](O)C(CCC(C)(C)[Si](C)(C)O)CC2. The third-order valence-corrected chi connectivity index (χ3v) is 9.85. The van der Waals surface area contributed by atoms with E-state index in [9.17, 15) is 9.90 Å². The average Bonchev–Trinajstić information content (AvgIpc) is 2.44. The third-order valence-electron chi connectivity index (χ3n) is 6.29. The molecule has 142 valence electrons. The molecular formula is C22H38O2Si. The smallest absolute Gasteiger partial charge is 0.188 e. The number of rotatable bonds is 5. The first-order valence-corrected chi connectivity index (χ1v) is 12.8. The van der Waals surface area contributed by atoms with Gasteiger partial charge in [0.1, 0.15) is 0 Å². The van der Waals surface area contributed by atoms with Gasteiger partial charge in [-0.1, -0.05) is 52.8 Å². The van der Waals surface area contributed by atoms with Crippen LogP contribution in [0.25, 0.3) is 0 Å². The molecule has 1 aliphatic rings. The molecule has 0 aromatic heterocycles. The van der Waals surface area contributed by atoms with Gasteiger partial charge in [0.15, 0.2) is 8.32 Å². The summed E-state index contributed by atoms with van der Waals surface area (Å²) in [5, 5.41) is 11.0. The maximum Gasteiger partial charge on any atom is 0.188 e. The summed E-state index contributed by atoms with van der Waals surface area (Å²) in [6.07, 6.45) is 4.77. The van der Waals surface area contributed by atoms with Crippen LogP contribution in [0, 0.1) is 11.3 Å². The zero-order valence-electron chi connectivity index (χ0n) is 17.3. The van der Waals surface area contributed by atoms with Crippen LogP contribution in [0.5, 0.6) is 0 Å². The molecule has 0 bridgehead atoms. The lowest BCUT2D eigenvalue weighted by Gasteiger charge is -2.38. The van der Waals surface area contributed by atoms with E-state index in [4.69, 9.17) is 0 Å². The lowest BCUT2D eigenvalue weighted by Crippen LogP contribution is -2.39. The minimum Gasteiger partial charge on any atom is -0.432 e. The van der Waals surface area contributed by atoms with Crippen molar-refractivity contribution < 1.29 is 9.90 Å². The summed E-state index contributed by atoms with van der Waals surface area (Å²) in [5.74, 6) is 0.313. The zero-order valence-corrected chi connectivity index (χ0v) is 18.3. The maximum absolute atomic E-state index is 11.0. The highest BCUT2D eigenvalue weighted by atomic mass is 28.4. The molecule has 0 spiro atoms. The highest BCUT2D eigenvalue weighted by molar-refractivity contribution is 6.72. The Bertz CT molecular complexity index is 593. The fraction of sp³-hybridized carbons (Fsp3) is 0.727. The molecule has 0 heterocycles. The molecule has 2 atom stereocenters. The van der Waals surface area contributed by atoms with E-state index < -0.39 is 8.32 Å². The van der Waals surface area contributed by atoms with Gasteiger partial charge in [0.05, 0.1) is 6.10 Å². The van der Waals surface area contributed by atoms with Crippen LogP contribution >= 0.6 is 0 Å². The molecule has 3 heteroatoms. The van der Waals surface area contributed by atoms with Crippen LogP contribution in [0.2, 0.25) is 18.1 Å². The summed E-state index contributed by atoms with van der Waals surface area (Å²) in [6.45, 7) is 15.2. The maximum atomic E-state index is 11.0. The van der Waals surface area contributed by atoms with Gasteiger partial charge in [0.25, 0.3) is 0 Å². The Morgan fingerprint density at radius 2 is 1.76 bits per heavy atom. The Morgan fingerprint density at radius 3 is 2.32 bits per heavy atom. The molecule has 1 unspecified atom stereocenters. The lowest BCUT2D eigenvalue weighted by atomic mass is 9.77. The zero-order chi connectivity index (χ0) is 19.0. The molecule has 0 radical (unpaired) electrons. The van der Waals surface area contributed by atoms with Crippen LogP contribution < -0.4 is 0 Å². The van der Waals surface area contributed by atoms with Crippen LogP contribution in [0.15, 0.2) is 18.2 Å². The van der Waals surface area contributed by atoms with E-state index in [1.165, 1.54) is 11.1 Å². The van der Waals surface area contributed by atoms with Crippen LogP contribution in [0.1, 0.15) is 76.7 Å². The van der Waals surface area contributed by atoms with Gasteiger partial charge < -0.3 is 9.90 Å². The molecule has 1 aromatic carbocycles. The highest BCUT2D eigenvalue weighted by Crippen LogP contribution is 2.45.